The van der Waals surface area contributed by atoms with E-state index >= 15 is 0 Å². The molecule has 3 nitrogen and oxygen atoms in total. The van der Waals surface area contributed by atoms with Crippen LogP contribution in [-0.2, 0) is 19.5 Å². The summed E-state index contributed by atoms with van der Waals surface area (Å²) in [5.41, 5.74) is 0.887. The van der Waals surface area contributed by atoms with E-state index in [1.807, 2.05) is 13.0 Å². The minimum Gasteiger partial charge on any atom is -0.444 e. The summed E-state index contributed by atoms with van der Waals surface area (Å²) in [7, 11) is 0. The lowest BCUT2D eigenvalue weighted by Crippen LogP contribution is -2.13. The van der Waals surface area contributed by atoms with Crippen molar-refractivity contribution in [2.45, 2.75) is 26.4 Å². The molecule has 1 N–H and O–H groups in total. The molecule has 0 unspecified atom stereocenters. The van der Waals surface area contributed by atoms with Crippen LogP contribution in [0.25, 0.3) is 0 Å². The second-order valence-corrected chi connectivity index (χ2v) is 4.78. The smallest absolute Gasteiger partial charge is 0.208 e. The Morgan fingerprint density at radius 2 is 2.22 bits per heavy atom. The Balaban J connectivity index is 1.86. The predicted molar refractivity (Wildman–Crippen MR) is 70.5 cm³/mol. The molecule has 0 aliphatic heterocycles. The first-order valence-corrected chi connectivity index (χ1v) is 6.56. The fourth-order valence-corrected chi connectivity index (χ4v) is 1.80. The van der Waals surface area contributed by atoms with Gasteiger partial charge in [-0.25, -0.2) is 9.37 Å². The number of benzene rings is 1. The lowest BCUT2D eigenvalue weighted by atomic mass is 10.2. The zero-order valence-electron chi connectivity index (χ0n) is 10.0. The first-order chi connectivity index (χ1) is 8.69. The van der Waals surface area contributed by atoms with Gasteiger partial charge >= 0.3 is 0 Å². The summed E-state index contributed by atoms with van der Waals surface area (Å²) in [6.07, 6.45) is 2.57. The molecular formula is C13H14BrFN2O. The zero-order chi connectivity index (χ0) is 13.0. The summed E-state index contributed by atoms with van der Waals surface area (Å²) in [4.78, 5) is 4.14. The van der Waals surface area contributed by atoms with Crippen LogP contribution >= 0.6 is 15.9 Å². The van der Waals surface area contributed by atoms with Crippen LogP contribution in [0.2, 0.25) is 0 Å². The maximum absolute atomic E-state index is 13.3. The van der Waals surface area contributed by atoms with Gasteiger partial charge in [0.2, 0.25) is 5.89 Å². The van der Waals surface area contributed by atoms with E-state index in [-0.39, 0.29) is 5.82 Å². The Kier molecular flexibility index (Phi) is 4.49. The van der Waals surface area contributed by atoms with Crippen LogP contribution < -0.4 is 5.32 Å². The van der Waals surface area contributed by atoms with E-state index in [1.54, 1.807) is 12.3 Å². The van der Waals surface area contributed by atoms with E-state index in [1.165, 1.54) is 6.07 Å². The Morgan fingerprint density at radius 1 is 1.39 bits per heavy atom. The third-order valence-electron chi connectivity index (χ3n) is 2.54. The van der Waals surface area contributed by atoms with Crippen LogP contribution in [0.15, 0.2) is 33.3 Å². The van der Waals surface area contributed by atoms with Gasteiger partial charge in [0.15, 0.2) is 0 Å². The maximum atomic E-state index is 13.3. The number of aromatic nitrogens is 1. The van der Waals surface area contributed by atoms with Crippen molar-refractivity contribution in [3.8, 4) is 0 Å². The van der Waals surface area contributed by atoms with Crippen molar-refractivity contribution < 1.29 is 8.81 Å². The Bertz CT molecular complexity index is 527. The van der Waals surface area contributed by atoms with E-state index in [0.29, 0.717) is 23.5 Å². The molecule has 0 saturated heterocycles. The van der Waals surface area contributed by atoms with Crippen LogP contribution in [0.5, 0.6) is 0 Å². The molecule has 0 aliphatic carbocycles. The summed E-state index contributed by atoms with van der Waals surface area (Å²) in [6, 6.07) is 5.07. The van der Waals surface area contributed by atoms with Crippen LogP contribution in [0.4, 0.5) is 4.39 Å². The van der Waals surface area contributed by atoms with Gasteiger partial charge in [-0.2, -0.15) is 0 Å². The largest absolute Gasteiger partial charge is 0.444 e. The number of hydrogen-bond donors (Lipinski definition) is 1. The van der Waals surface area contributed by atoms with Crippen molar-refractivity contribution in [1.29, 1.82) is 0 Å². The van der Waals surface area contributed by atoms with Gasteiger partial charge in [-0.1, -0.05) is 13.0 Å². The topological polar surface area (TPSA) is 38.1 Å². The number of hydrogen-bond acceptors (Lipinski definition) is 3. The highest BCUT2D eigenvalue weighted by molar-refractivity contribution is 9.10. The van der Waals surface area contributed by atoms with E-state index < -0.39 is 0 Å². The standard InChI is InChI=1S/C13H14BrFN2O/c1-2-10-7-17-13(18-10)8-16-6-9-3-4-11(14)12(15)5-9/h3-5,7,16H,2,6,8H2,1H3. The predicted octanol–water partition coefficient (Wildman–Crippen LogP) is 3.43. The summed E-state index contributed by atoms with van der Waals surface area (Å²) < 4.78 is 19.2. The summed E-state index contributed by atoms with van der Waals surface area (Å²) in [5, 5.41) is 3.16. The monoisotopic (exact) mass is 312 g/mol. The number of nitrogens with one attached hydrogen (secondary N) is 1. The van der Waals surface area contributed by atoms with Gasteiger partial charge in [0.1, 0.15) is 11.6 Å². The Hall–Kier alpha value is -1.20. The molecule has 2 aromatic rings. The van der Waals surface area contributed by atoms with Crippen molar-refractivity contribution in [1.82, 2.24) is 10.3 Å². The molecule has 0 spiro atoms. The number of aryl methyl sites for hydroxylation is 1. The van der Waals surface area contributed by atoms with Gasteiger partial charge in [-0.15, -0.1) is 0 Å². The molecule has 0 radical (unpaired) electrons. The Labute approximate surface area is 114 Å². The minimum atomic E-state index is -0.251. The van der Waals surface area contributed by atoms with Gasteiger partial charge in [0.05, 0.1) is 17.2 Å². The minimum absolute atomic E-state index is 0.251. The molecule has 0 aliphatic rings. The molecule has 1 heterocycles. The molecular weight excluding hydrogens is 299 g/mol. The SMILES string of the molecule is CCc1cnc(CNCc2ccc(Br)c(F)c2)o1. The molecule has 96 valence electrons. The normalized spacial score (nSPS) is 10.8. The highest BCUT2D eigenvalue weighted by Gasteiger charge is 2.03. The fraction of sp³-hybridized carbons (Fsp3) is 0.308. The van der Waals surface area contributed by atoms with Gasteiger partial charge in [-0.3, -0.25) is 0 Å². The average Bonchev–Trinajstić information content (AvgIpc) is 2.82. The molecule has 0 bridgehead atoms. The number of rotatable bonds is 5. The van der Waals surface area contributed by atoms with Gasteiger partial charge in [-0.05, 0) is 33.6 Å². The van der Waals surface area contributed by atoms with Crippen LogP contribution in [0.3, 0.4) is 0 Å². The first kappa shape index (κ1) is 13.2. The first-order valence-electron chi connectivity index (χ1n) is 5.77. The van der Waals surface area contributed by atoms with E-state index in [4.69, 9.17) is 4.42 Å². The quantitative estimate of drug-likeness (QED) is 0.919. The van der Waals surface area contributed by atoms with Crippen LogP contribution in [-0.4, -0.2) is 4.98 Å². The van der Waals surface area contributed by atoms with E-state index in [9.17, 15) is 4.39 Å². The molecule has 1 aromatic heterocycles. The van der Waals surface area contributed by atoms with Crippen molar-refractivity contribution in [3.05, 3.63) is 51.9 Å². The maximum Gasteiger partial charge on any atom is 0.208 e. The van der Waals surface area contributed by atoms with Crippen molar-refractivity contribution >= 4 is 15.9 Å². The zero-order valence-corrected chi connectivity index (χ0v) is 11.6. The molecule has 0 saturated carbocycles. The highest BCUT2D eigenvalue weighted by Crippen LogP contribution is 2.16. The highest BCUT2D eigenvalue weighted by atomic mass is 79.9. The second-order valence-electron chi connectivity index (χ2n) is 3.93. The Morgan fingerprint density at radius 3 is 2.89 bits per heavy atom. The average molecular weight is 313 g/mol. The van der Waals surface area contributed by atoms with Crippen molar-refractivity contribution in [2.24, 2.45) is 0 Å². The van der Waals surface area contributed by atoms with Crippen molar-refractivity contribution in [3.63, 3.8) is 0 Å². The summed E-state index contributed by atoms with van der Waals surface area (Å²) >= 11 is 3.12. The number of halogens is 2. The van der Waals surface area contributed by atoms with E-state index in [2.05, 4.69) is 26.2 Å². The van der Waals surface area contributed by atoms with Crippen molar-refractivity contribution in [2.75, 3.05) is 0 Å². The molecule has 18 heavy (non-hydrogen) atoms. The molecule has 0 fully saturated rings. The summed E-state index contributed by atoms with van der Waals surface area (Å²) in [6.45, 7) is 3.13. The molecule has 5 heteroatoms. The van der Waals surface area contributed by atoms with Gasteiger partial charge in [0.25, 0.3) is 0 Å². The van der Waals surface area contributed by atoms with Crippen LogP contribution in [0.1, 0.15) is 24.1 Å². The lowest BCUT2D eigenvalue weighted by Gasteiger charge is -2.03. The lowest BCUT2D eigenvalue weighted by molar-refractivity contribution is 0.439. The molecule has 1 aromatic carbocycles. The second kappa shape index (κ2) is 6.11. The third kappa shape index (κ3) is 3.40. The number of oxazole rings is 1. The van der Waals surface area contributed by atoms with Crippen LogP contribution in [0, 0.1) is 5.82 Å². The fourth-order valence-electron chi connectivity index (χ4n) is 1.56. The molecule has 0 amide bonds. The van der Waals surface area contributed by atoms with Gasteiger partial charge in [0, 0.05) is 13.0 Å². The summed E-state index contributed by atoms with van der Waals surface area (Å²) in [5.74, 6) is 1.28. The molecule has 0 atom stereocenters. The van der Waals surface area contributed by atoms with Gasteiger partial charge < -0.3 is 9.73 Å². The number of nitrogens with zero attached hydrogens (tertiary/aromatic N) is 1. The van der Waals surface area contributed by atoms with E-state index in [0.717, 1.165) is 17.7 Å². The molecule has 2 rings (SSSR count). The third-order valence-corrected chi connectivity index (χ3v) is 3.18.